The Morgan fingerprint density at radius 1 is 0.444 bits per heavy atom. The monoisotopic (exact) mass is 609 g/mol. The summed E-state index contributed by atoms with van der Waals surface area (Å²) in [5, 5.41) is 7.70. The van der Waals surface area contributed by atoms with E-state index < -0.39 is 0 Å². The topological polar surface area (TPSA) is 30.7 Å². The fourth-order valence-electron chi connectivity index (χ4n) is 6.87. The highest BCUT2D eigenvalue weighted by Gasteiger charge is 2.25. The molecule has 0 saturated carbocycles. The standard InChI is InChI=1S/C40H23N3S2/c1-3-13-24(14-4-1)29-23-30(25-15-5-2-6-16-25)42-40(41-29)43-31-20-10-7-17-26(31)34-37(43)35-27-18-8-11-21-32(27)44-39(35)36-28-19-9-12-22-33(28)45-38(34)36/h1-23H. The van der Waals surface area contributed by atoms with Gasteiger partial charge in [-0.05, 0) is 24.3 Å². The third-order valence-electron chi connectivity index (χ3n) is 8.81. The molecule has 0 fully saturated rings. The molecule has 0 bridgehead atoms. The highest BCUT2D eigenvalue weighted by Crippen LogP contribution is 2.51. The number of para-hydroxylation sites is 1. The van der Waals surface area contributed by atoms with Crippen molar-refractivity contribution in [2.24, 2.45) is 0 Å². The van der Waals surface area contributed by atoms with E-state index in [1.807, 2.05) is 34.8 Å². The van der Waals surface area contributed by atoms with Crippen LogP contribution in [-0.2, 0) is 0 Å². The highest BCUT2D eigenvalue weighted by atomic mass is 32.1. The first kappa shape index (κ1) is 25.0. The van der Waals surface area contributed by atoms with E-state index in [0.717, 1.165) is 28.0 Å². The third-order valence-corrected chi connectivity index (χ3v) is 11.2. The van der Waals surface area contributed by atoms with Gasteiger partial charge in [-0.25, -0.2) is 9.97 Å². The van der Waals surface area contributed by atoms with Crippen LogP contribution in [0.3, 0.4) is 0 Å². The van der Waals surface area contributed by atoms with Crippen LogP contribution in [0.1, 0.15) is 0 Å². The van der Waals surface area contributed by atoms with Crippen LogP contribution >= 0.6 is 22.7 Å². The average molecular weight is 610 g/mol. The molecule has 0 aliphatic rings. The third kappa shape index (κ3) is 3.62. The summed E-state index contributed by atoms with van der Waals surface area (Å²) in [7, 11) is 0. The minimum absolute atomic E-state index is 0.679. The van der Waals surface area contributed by atoms with Crippen molar-refractivity contribution in [1.29, 1.82) is 0 Å². The number of aromatic nitrogens is 3. The molecule has 10 aromatic rings. The van der Waals surface area contributed by atoms with Crippen LogP contribution in [0.4, 0.5) is 0 Å². The Bertz CT molecular complexity index is 2670. The summed E-state index contributed by atoms with van der Waals surface area (Å²) in [6.45, 7) is 0. The van der Waals surface area contributed by atoms with Gasteiger partial charge in [0.2, 0.25) is 5.95 Å². The fraction of sp³-hybridized carbons (Fsp3) is 0. The van der Waals surface area contributed by atoms with Gasteiger partial charge in [0.15, 0.2) is 0 Å². The van der Waals surface area contributed by atoms with Crippen LogP contribution in [0, 0.1) is 0 Å². The number of benzene rings is 6. The Morgan fingerprint density at radius 2 is 0.911 bits per heavy atom. The molecule has 0 N–H and O–H groups in total. The number of rotatable bonds is 3. The highest BCUT2D eigenvalue weighted by molar-refractivity contribution is 7.30. The van der Waals surface area contributed by atoms with Gasteiger partial charge in [0.1, 0.15) is 0 Å². The zero-order chi connectivity index (χ0) is 29.5. The lowest BCUT2D eigenvalue weighted by atomic mass is 10.0. The first-order chi connectivity index (χ1) is 22.3. The smallest absolute Gasteiger partial charge is 0.235 e. The summed E-state index contributed by atoms with van der Waals surface area (Å²) in [6, 6.07) is 49.4. The Morgan fingerprint density at radius 3 is 1.51 bits per heavy atom. The Kier molecular flexibility index (Phi) is 5.32. The second-order valence-corrected chi connectivity index (χ2v) is 13.5. The van der Waals surface area contributed by atoms with Crippen LogP contribution in [0.25, 0.3) is 90.6 Å². The van der Waals surface area contributed by atoms with E-state index >= 15 is 0 Å². The number of hydrogen-bond acceptors (Lipinski definition) is 4. The molecule has 10 rings (SSSR count). The predicted molar refractivity (Wildman–Crippen MR) is 193 cm³/mol. The van der Waals surface area contributed by atoms with Crippen LogP contribution in [0.2, 0.25) is 0 Å². The number of thiophene rings is 2. The second kappa shape index (κ2) is 9.57. The van der Waals surface area contributed by atoms with Crippen LogP contribution in [0.5, 0.6) is 0 Å². The van der Waals surface area contributed by atoms with E-state index in [9.17, 15) is 0 Å². The summed E-state index contributed by atoms with van der Waals surface area (Å²) in [4.78, 5) is 10.6. The minimum atomic E-state index is 0.679. The van der Waals surface area contributed by atoms with Gasteiger partial charge < -0.3 is 0 Å². The zero-order valence-corrected chi connectivity index (χ0v) is 25.6. The van der Waals surface area contributed by atoms with E-state index in [2.05, 4.69) is 132 Å². The molecule has 0 aliphatic carbocycles. The van der Waals surface area contributed by atoms with Gasteiger partial charge in [-0.3, -0.25) is 4.57 Å². The van der Waals surface area contributed by atoms with Gasteiger partial charge in [0, 0.05) is 62.2 Å². The van der Waals surface area contributed by atoms with E-state index in [1.165, 1.54) is 56.6 Å². The molecular weight excluding hydrogens is 587 g/mol. The van der Waals surface area contributed by atoms with Gasteiger partial charge in [0.25, 0.3) is 0 Å². The molecule has 4 heterocycles. The van der Waals surface area contributed by atoms with E-state index in [1.54, 1.807) is 0 Å². The fourth-order valence-corrected chi connectivity index (χ4v) is 9.47. The van der Waals surface area contributed by atoms with E-state index in [0.29, 0.717) is 5.95 Å². The van der Waals surface area contributed by atoms with Crippen LogP contribution in [0.15, 0.2) is 140 Å². The molecular formula is C40H23N3S2. The van der Waals surface area contributed by atoms with Crippen molar-refractivity contribution in [1.82, 2.24) is 14.5 Å². The molecule has 0 aliphatic heterocycles. The summed E-state index contributed by atoms with van der Waals surface area (Å²) in [5.74, 6) is 0.679. The predicted octanol–water partition coefficient (Wildman–Crippen LogP) is 11.6. The molecule has 210 valence electrons. The number of nitrogens with zero attached hydrogens (tertiary/aromatic N) is 3. The van der Waals surface area contributed by atoms with Crippen LogP contribution < -0.4 is 0 Å². The minimum Gasteiger partial charge on any atom is -0.277 e. The summed E-state index contributed by atoms with van der Waals surface area (Å²) >= 11 is 3.78. The van der Waals surface area contributed by atoms with Gasteiger partial charge in [-0.1, -0.05) is 115 Å². The van der Waals surface area contributed by atoms with Crippen molar-refractivity contribution in [3.8, 4) is 28.5 Å². The van der Waals surface area contributed by atoms with Crippen molar-refractivity contribution >= 4 is 84.8 Å². The largest absolute Gasteiger partial charge is 0.277 e. The second-order valence-electron chi connectivity index (χ2n) is 11.4. The maximum Gasteiger partial charge on any atom is 0.235 e. The average Bonchev–Trinajstić information content (AvgIpc) is 3.78. The first-order valence-electron chi connectivity index (χ1n) is 15.0. The number of fused-ring (bicyclic) bond motifs is 12. The molecule has 0 atom stereocenters. The van der Waals surface area contributed by atoms with Gasteiger partial charge in [-0.2, -0.15) is 0 Å². The molecule has 5 heteroatoms. The van der Waals surface area contributed by atoms with Crippen molar-refractivity contribution < 1.29 is 0 Å². The zero-order valence-electron chi connectivity index (χ0n) is 23.9. The molecule has 0 radical (unpaired) electrons. The van der Waals surface area contributed by atoms with Crippen molar-refractivity contribution in [3.05, 3.63) is 140 Å². The molecule has 3 nitrogen and oxygen atoms in total. The summed E-state index contributed by atoms with van der Waals surface area (Å²) in [6.07, 6.45) is 0. The lowest BCUT2D eigenvalue weighted by Gasteiger charge is -2.12. The van der Waals surface area contributed by atoms with Gasteiger partial charge in [-0.15, -0.1) is 22.7 Å². The molecule has 45 heavy (non-hydrogen) atoms. The first-order valence-corrected chi connectivity index (χ1v) is 16.6. The van der Waals surface area contributed by atoms with E-state index in [4.69, 9.17) is 9.97 Å². The van der Waals surface area contributed by atoms with E-state index in [-0.39, 0.29) is 0 Å². The maximum atomic E-state index is 5.32. The lowest BCUT2D eigenvalue weighted by Crippen LogP contribution is -2.04. The molecule has 0 saturated heterocycles. The Labute approximate surface area is 266 Å². The maximum absolute atomic E-state index is 5.32. The molecule has 6 aromatic carbocycles. The van der Waals surface area contributed by atoms with Gasteiger partial charge in [0.05, 0.1) is 22.4 Å². The van der Waals surface area contributed by atoms with Crippen molar-refractivity contribution in [3.63, 3.8) is 0 Å². The molecule has 0 amide bonds. The molecule has 0 spiro atoms. The Balaban J connectivity index is 1.45. The Hall–Kier alpha value is -5.36. The summed E-state index contributed by atoms with van der Waals surface area (Å²) in [5.41, 5.74) is 6.22. The summed E-state index contributed by atoms with van der Waals surface area (Å²) < 4.78 is 7.57. The van der Waals surface area contributed by atoms with Crippen LogP contribution in [-0.4, -0.2) is 14.5 Å². The molecule has 0 unspecified atom stereocenters. The van der Waals surface area contributed by atoms with Gasteiger partial charge >= 0.3 is 0 Å². The van der Waals surface area contributed by atoms with Crippen molar-refractivity contribution in [2.45, 2.75) is 0 Å². The normalized spacial score (nSPS) is 12.0. The SMILES string of the molecule is c1ccc(-c2cc(-c3ccccc3)nc(-n3c4ccccc4c4c5sc6ccccc6c5c5sc6ccccc6c5c43)n2)cc1. The van der Waals surface area contributed by atoms with Crippen molar-refractivity contribution in [2.75, 3.05) is 0 Å². The molecule has 4 aromatic heterocycles. The lowest BCUT2D eigenvalue weighted by molar-refractivity contribution is 0.998. The quantitative estimate of drug-likeness (QED) is 0.199. The number of hydrogen-bond donors (Lipinski definition) is 0.